The summed E-state index contributed by atoms with van der Waals surface area (Å²) in [6, 6.07) is 30.4. The Hall–Kier alpha value is -4.35. The van der Waals surface area contributed by atoms with Gasteiger partial charge in [0.25, 0.3) is 0 Å². The average molecular weight is 656 g/mol. The van der Waals surface area contributed by atoms with E-state index in [0.717, 1.165) is 27.3 Å². The molecule has 4 aromatic rings. The predicted molar refractivity (Wildman–Crippen MR) is 185 cm³/mol. The van der Waals surface area contributed by atoms with Gasteiger partial charge in [0.2, 0.25) is 11.8 Å². The van der Waals surface area contributed by atoms with E-state index in [1.165, 1.54) is 0 Å². The van der Waals surface area contributed by atoms with Crippen LogP contribution in [0.1, 0.15) is 61.2 Å². The Labute approximate surface area is 279 Å². The molecule has 47 heavy (non-hydrogen) atoms. The summed E-state index contributed by atoms with van der Waals surface area (Å²) in [6.07, 6.45) is 1.56. The lowest BCUT2D eigenvalue weighted by Gasteiger charge is -2.36. The first kappa shape index (κ1) is 34.0. The molecule has 0 spiro atoms. The van der Waals surface area contributed by atoms with Gasteiger partial charge in [-0.2, -0.15) is 0 Å². The van der Waals surface area contributed by atoms with Crippen LogP contribution >= 0.6 is 11.8 Å². The molecular formula is C37H41N3O6S. The van der Waals surface area contributed by atoms with E-state index in [4.69, 9.17) is 19.9 Å². The number of para-hydroxylation sites is 3. The van der Waals surface area contributed by atoms with Crippen LogP contribution in [-0.4, -0.2) is 35.9 Å². The molecule has 0 bridgehead atoms. The maximum atomic E-state index is 12.6. The van der Waals surface area contributed by atoms with Gasteiger partial charge in [0.15, 0.2) is 6.29 Å². The second-order valence-electron chi connectivity index (χ2n) is 11.3. The highest BCUT2D eigenvalue weighted by Crippen LogP contribution is 2.40. The molecule has 1 aliphatic heterocycles. The third-order valence-corrected chi connectivity index (χ3v) is 9.05. The van der Waals surface area contributed by atoms with Crippen LogP contribution in [0, 0.1) is 0 Å². The number of rotatable bonds is 14. The van der Waals surface area contributed by atoms with Gasteiger partial charge in [0.05, 0.1) is 37.3 Å². The van der Waals surface area contributed by atoms with Crippen LogP contribution in [0.3, 0.4) is 0 Å². The lowest BCUT2D eigenvalue weighted by atomic mass is 10.0. The molecule has 5 rings (SSSR count). The average Bonchev–Trinajstić information content (AvgIpc) is 3.10. The number of nitrogen functional groups attached to an aromatic ring is 1. The highest BCUT2D eigenvalue weighted by atomic mass is 32.2. The zero-order valence-corrected chi connectivity index (χ0v) is 27.2. The number of carbonyl (C=O) groups excluding carboxylic acids is 2. The van der Waals surface area contributed by atoms with E-state index in [1.807, 2.05) is 84.9 Å². The zero-order valence-electron chi connectivity index (χ0n) is 26.4. The second kappa shape index (κ2) is 17.0. The molecule has 1 saturated heterocycles. The van der Waals surface area contributed by atoms with Gasteiger partial charge in [-0.05, 0) is 60.4 Å². The largest absolute Gasteiger partial charge is 0.496 e. The molecule has 0 saturated carbocycles. The fraction of sp³-hybridized carbons (Fsp3) is 0.297. The third kappa shape index (κ3) is 9.82. The monoisotopic (exact) mass is 655 g/mol. The first-order valence-corrected chi connectivity index (χ1v) is 16.7. The molecule has 0 aliphatic carbocycles. The number of hydrogen-bond donors (Lipinski definition) is 4. The molecule has 1 aliphatic rings. The van der Waals surface area contributed by atoms with Gasteiger partial charge in [-0.15, -0.1) is 11.8 Å². The summed E-state index contributed by atoms with van der Waals surface area (Å²) in [5, 5.41) is 15.2. The molecule has 1 fully saturated rings. The summed E-state index contributed by atoms with van der Waals surface area (Å²) in [7, 11) is 1.67. The molecule has 5 N–H and O–H groups in total. The number of unbranched alkanes of at least 4 members (excludes halogenated alkanes) is 1. The van der Waals surface area contributed by atoms with E-state index in [2.05, 4.69) is 10.6 Å². The molecule has 2 amide bonds. The maximum Gasteiger partial charge on any atom is 0.224 e. The third-order valence-electron chi connectivity index (χ3n) is 7.87. The smallest absolute Gasteiger partial charge is 0.224 e. The van der Waals surface area contributed by atoms with Gasteiger partial charge >= 0.3 is 0 Å². The molecule has 3 atom stereocenters. The van der Waals surface area contributed by atoms with Gasteiger partial charge in [-0.3, -0.25) is 9.59 Å². The highest BCUT2D eigenvalue weighted by molar-refractivity contribution is 7.99. The van der Waals surface area contributed by atoms with Crippen molar-refractivity contribution < 1.29 is 28.9 Å². The topological polar surface area (TPSA) is 132 Å². The van der Waals surface area contributed by atoms with Crippen molar-refractivity contribution in [3.05, 3.63) is 114 Å². The maximum absolute atomic E-state index is 12.6. The Bertz CT molecular complexity index is 1620. The number of aliphatic hydroxyl groups is 1. The van der Waals surface area contributed by atoms with Crippen LogP contribution in [0.5, 0.6) is 5.75 Å². The molecule has 0 radical (unpaired) electrons. The van der Waals surface area contributed by atoms with Gasteiger partial charge in [-0.25, -0.2) is 0 Å². The zero-order chi connectivity index (χ0) is 33.0. The molecule has 10 heteroatoms. The Morgan fingerprint density at radius 2 is 1.51 bits per heavy atom. The minimum atomic E-state index is -0.600. The fourth-order valence-electron chi connectivity index (χ4n) is 5.29. The predicted octanol–water partition coefficient (Wildman–Crippen LogP) is 7.25. The number of anilines is 3. The first-order chi connectivity index (χ1) is 22.9. The van der Waals surface area contributed by atoms with E-state index in [9.17, 15) is 14.7 Å². The normalized spacial score (nSPS) is 17.5. The van der Waals surface area contributed by atoms with E-state index < -0.39 is 6.29 Å². The molecule has 1 heterocycles. The second-order valence-corrected chi connectivity index (χ2v) is 12.4. The molecule has 246 valence electrons. The number of benzene rings is 4. The lowest BCUT2D eigenvalue weighted by Crippen LogP contribution is -2.31. The first-order valence-electron chi connectivity index (χ1n) is 15.7. The lowest BCUT2D eigenvalue weighted by molar-refractivity contribution is -0.245. The Kier molecular flexibility index (Phi) is 12.3. The number of thioether (sulfide) groups is 1. The summed E-state index contributed by atoms with van der Waals surface area (Å²) in [5.74, 6) is 1.29. The van der Waals surface area contributed by atoms with Crippen molar-refractivity contribution in [3.63, 3.8) is 0 Å². The number of methoxy groups -OCH3 is 1. The van der Waals surface area contributed by atoms with Crippen molar-refractivity contribution in [2.75, 3.05) is 29.2 Å². The molecular weight excluding hydrogens is 614 g/mol. The SMILES string of the molecule is COc1ccccc1SC[C@H]1C[C@@H](c2ccc(CO)cc2)O[C@@H](c2ccc(NC(=O)CCCCC(=O)Nc3ccccc3N)cc2)O1. The van der Waals surface area contributed by atoms with Crippen molar-refractivity contribution in [1.82, 2.24) is 0 Å². The molecule has 4 aromatic carbocycles. The number of aliphatic hydroxyl groups excluding tert-OH is 1. The number of ether oxygens (including phenoxy) is 3. The summed E-state index contributed by atoms with van der Waals surface area (Å²) in [4.78, 5) is 25.9. The van der Waals surface area contributed by atoms with Crippen LogP contribution in [0.4, 0.5) is 17.1 Å². The van der Waals surface area contributed by atoms with Crippen molar-refractivity contribution in [1.29, 1.82) is 0 Å². The quantitative estimate of drug-likeness (QED) is 0.0635. The van der Waals surface area contributed by atoms with E-state index in [0.29, 0.717) is 54.9 Å². The highest BCUT2D eigenvalue weighted by Gasteiger charge is 2.32. The number of carbonyl (C=O) groups is 2. The molecule has 9 nitrogen and oxygen atoms in total. The fourth-order valence-corrected chi connectivity index (χ4v) is 6.33. The summed E-state index contributed by atoms with van der Waals surface area (Å²) in [6.45, 7) is -0.0135. The van der Waals surface area contributed by atoms with Crippen LogP contribution in [0.2, 0.25) is 0 Å². The van der Waals surface area contributed by atoms with E-state index in [1.54, 1.807) is 31.0 Å². The Balaban J connectivity index is 1.15. The Morgan fingerprint density at radius 1 is 0.851 bits per heavy atom. The number of nitrogens with two attached hydrogens (primary N) is 1. The van der Waals surface area contributed by atoms with Crippen LogP contribution < -0.4 is 21.1 Å². The summed E-state index contributed by atoms with van der Waals surface area (Å²) in [5.41, 5.74) is 10.4. The van der Waals surface area contributed by atoms with Gasteiger partial charge in [0, 0.05) is 41.2 Å². The van der Waals surface area contributed by atoms with Crippen LogP contribution in [0.25, 0.3) is 0 Å². The van der Waals surface area contributed by atoms with Crippen molar-refractivity contribution in [3.8, 4) is 5.75 Å². The van der Waals surface area contributed by atoms with Crippen molar-refractivity contribution in [2.45, 2.75) is 62.1 Å². The van der Waals surface area contributed by atoms with Gasteiger partial charge < -0.3 is 35.7 Å². The minimum absolute atomic E-state index is 0.0135. The summed E-state index contributed by atoms with van der Waals surface area (Å²) >= 11 is 1.68. The standard InChI is InChI=1S/C37H41N3O6S/c1-44-32-10-4-5-11-34(32)47-24-29-22-33(26-16-14-25(23-41)15-17-26)46-37(45-29)27-18-20-28(21-19-27)39-35(42)12-6-7-13-36(43)40-31-9-3-2-8-30(31)38/h2-5,8-11,14-21,29,33,37,41H,6-7,12-13,22-24,38H2,1H3,(H,39,42)(H,40,43)/t29-,33+,37+/m1/s1. The van der Waals surface area contributed by atoms with E-state index in [-0.39, 0.29) is 30.6 Å². The van der Waals surface area contributed by atoms with Crippen molar-refractivity contribution in [2.24, 2.45) is 0 Å². The van der Waals surface area contributed by atoms with E-state index >= 15 is 0 Å². The minimum Gasteiger partial charge on any atom is -0.496 e. The number of amides is 2. The molecule has 0 unspecified atom stereocenters. The number of nitrogens with one attached hydrogen (secondary N) is 2. The van der Waals surface area contributed by atoms with Gasteiger partial charge in [-0.1, -0.05) is 60.7 Å². The summed E-state index contributed by atoms with van der Waals surface area (Å²) < 4.78 is 18.5. The van der Waals surface area contributed by atoms with Crippen LogP contribution in [-0.2, 0) is 25.7 Å². The Morgan fingerprint density at radius 3 is 2.21 bits per heavy atom. The number of hydrogen-bond acceptors (Lipinski definition) is 8. The molecule has 0 aromatic heterocycles. The van der Waals surface area contributed by atoms with Gasteiger partial charge in [0.1, 0.15) is 5.75 Å². The van der Waals surface area contributed by atoms with Crippen molar-refractivity contribution >= 4 is 40.6 Å². The van der Waals surface area contributed by atoms with Crippen LogP contribution in [0.15, 0.2) is 102 Å².